The SMILES string of the molecule is NC(=O)c1ccccc1.O=S(=O)(O)O. The lowest BCUT2D eigenvalue weighted by atomic mass is 10.2. The van der Waals surface area contributed by atoms with Crippen LogP contribution in [-0.2, 0) is 10.4 Å². The third-order valence-corrected chi connectivity index (χ3v) is 1.06. The van der Waals surface area contributed by atoms with Gasteiger partial charge in [0.05, 0.1) is 0 Å². The molecule has 78 valence electrons. The summed E-state index contributed by atoms with van der Waals surface area (Å²) >= 11 is 0. The van der Waals surface area contributed by atoms with Crippen LogP contribution < -0.4 is 5.73 Å². The fraction of sp³-hybridized carbons (Fsp3) is 0. The van der Waals surface area contributed by atoms with Crippen LogP contribution >= 0.6 is 0 Å². The number of amides is 1. The molecule has 0 aliphatic rings. The van der Waals surface area contributed by atoms with E-state index in [4.69, 9.17) is 23.3 Å². The Balaban J connectivity index is 0.000000292. The Bertz CT molecular complexity index is 378. The Kier molecular flexibility index (Phi) is 4.78. The van der Waals surface area contributed by atoms with E-state index in [0.29, 0.717) is 5.56 Å². The van der Waals surface area contributed by atoms with Crippen LogP contribution in [0.4, 0.5) is 0 Å². The van der Waals surface area contributed by atoms with E-state index in [1.807, 2.05) is 6.07 Å². The highest BCUT2D eigenvalue weighted by molar-refractivity contribution is 7.79. The quantitative estimate of drug-likeness (QED) is 0.580. The summed E-state index contributed by atoms with van der Waals surface area (Å²) in [6, 6.07) is 8.76. The largest absolute Gasteiger partial charge is 0.394 e. The van der Waals surface area contributed by atoms with Crippen molar-refractivity contribution in [1.29, 1.82) is 0 Å². The second kappa shape index (κ2) is 5.32. The average Bonchev–Trinajstić information content (AvgIpc) is 2.03. The van der Waals surface area contributed by atoms with Gasteiger partial charge >= 0.3 is 10.4 Å². The third-order valence-electron chi connectivity index (χ3n) is 1.06. The van der Waals surface area contributed by atoms with Gasteiger partial charge in [0.15, 0.2) is 0 Å². The number of nitrogens with two attached hydrogens (primary N) is 1. The summed E-state index contributed by atoms with van der Waals surface area (Å²) in [5.41, 5.74) is 5.53. The summed E-state index contributed by atoms with van der Waals surface area (Å²) in [6.45, 7) is 0. The first-order valence-corrected chi connectivity index (χ1v) is 4.75. The Morgan fingerprint density at radius 3 is 1.71 bits per heavy atom. The van der Waals surface area contributed by atoms with Gasteiger partial charge in [0.2, 0.25) is 5.91 Å². The molecule has 0 unspecified atom stereocenters. The molecule has 4 N–H and O–H groups in total. The molecule has 0 aromatic heterocycles. The fourth-order valence-electron chi connectivity index (χ4n) is 0.602. The number of carbonyl (C=O) groups is 1. The lowest BCUT2D eigenvalue weighted by Gasteiger charge is -1.89. The number of carbonyl (C=O) groups excluding carboxylic acids is 1. The van der Waals surface area contributed by atoms with Gasteiger partial charge in [-0.25, -0.2) is 0 Å². The topological polar surface area (TPSA) is 118 Å². The van der Waals surface area contributed by atoms with Crippen molar-refractivity contribution in [3.05, 3.63) is 35.9 Å². The van der Waals surface area contributed by atoms with E-state index >= 15 is 0 Å². The Morgan fingerprint density at radius 2 is 1.50 bits per heavy atom. The van der Waals surface area contributed by atoms with E-state index < -0.39 is 10.4 Å². The minimum Gasteiger partial charge on any atom is -0.366 e. The van der Waals surface area contributed by atoms with Crippen molar-refractivity contribution in [2.45, 2.75) is 0 Å². The molecule has 0 atom stereocenters. The van der Waals surface area contributed by atoms with Crippen LogP contribution in [0.1, 0.15) is 10.4 Å². The molecule has 0 aliphatic carbocycles. The molecule has 6 nitrogen and oxygen atoms in total. The highest BCUT2D eigenvalue weighted by Crippen LogP contribution is 1.94. The molecule has 0 heterocycles. The van der Waals surface area contributed by atoms with Crippen molar-refractivity contribution >= 4 is 16.3 Å². The van der Waals surface area contributed by atoms with E-state index in [1.165, 1.54) is 0 Å². The molecule has 1 amide bonds. The Morgan fingerprint density at radius 1 is 1.14 bits per heavy atom. The van der Waals surface area contributed by atoms with Gasteiger partial charge in [0.25, 0.3) is 0 Å². The molecule has 0 spiro atoms. The number of rotatable bonds is 1. The second-order valence-electron chi connectivity index (χ2n) is 2.18. The molecule has 0 saturated heterocycles. The van der Waals surface area contributed by atoms with Crippen LogP contribution in [0.3, 0.4) is 0 Å². The van der Waals surface area contributed by atoms with Gasteiger partial charge in [0, 0.05) is 5.56 Å². The van der Waals surface area contributed by atoms with Crippen molar-refractivity contribution in [2.75, 3.05) is 0 Å². The highest BCUT2D eigenvalue weighted by atomic mass is 32.3. The van der Waals surface area contributed by atoms with Crippen LogP contribution in [0.2, 0.25) is 0 Å². The molecule has 0 aliphatic heterocycles. The monoisotopic (exact) mass is 219 g/mol. The van der Waals surface area contributed by atoms with E-state index in [2.05, 4.69) is 0 Å². The average molecular weight is 219 g/mol. The first-order valence-electron chi connectivity index (χ1n) is 3.35. The highest BCUT2D eigenvalue weighted by Gasteiger charge is 1.93. The fourth-order valence-corrected chi connectivity index (χ4v) is 0.602. The summed E-state index contributed by atoms with van der Waals surface area (Å²) in [4.78, 5) is 10.4. The maximum Gasteiger partial charge on any atom is 0.394 e. The minimum absolute atomic E-state index is 0.379. The summed E-state index contributed by atoms with van der Waals surface area (Å²) in [7, 11) is -4.67. The summed E-state index contributed by atoms with van der Waals surface area (Å²) < 4.78 is 31.6. The summed E-state index contributed by atoms with van der Waals surface area (Å²) in [6.07, 6.45) is 0. The van der Waals surface area contributed by atoms with Crippen molar-refractivity contribution in [2.24, 2.45) is 5.73 Å². The zero-order valence-corrected chi connectivity index (χ0v) is 7.81. The van der Waals surface area contributed by atoms with Gasteiger partial charge in [0.1, 0.15) is 0 Å². The van der Waals surface area contributed by atoms with Crippen LogP contribution in [0.15, 0.2) is 30.3 Å². The lowest BCUT2D eigenvalue weighted by molar-refractivity contribution is 0.1000. The molecule has 14 heavy (non-hydrogen) atoms. The van der Waals surface area contributed by atoms with Gasteiger partial charge in [-0.3, -0.25) is 13.9 Å². The first-order chi connectivity index (χ1) is 6.30. The number of benzene rings is 1. The first kappa shape index (κ1) is 12.6. The summed E-state index contributed by atoms with van der Waals surface area (Å²) in [5.74, 6) is -0.379. The van der Waals surface area contributed by atoms with Crippen molar-refractivity contribution < 1.29 is 22.3 Å². The van der Waals surface area contributed by atoms with Crippen molar-refractivity contribution in [3.63, 3.8) is 0 Å². The smallest absolute Gasteiger partial charge is 0.366 e. The van der Waals surface area contributed by atoms with Crippen LogP contribution in [-0.4, -0.2) is 23.4 Å². The van der Waals surface area contributed by atoms with Crippen molar-refractivity contribution in [3.8, 4) is 0 Å². The van der Waals surface area contributed by atoms with Crippen LogP contribution in [0.25, 0.3) is 0 Å². The maximum absolute atomic E-state index is 10.4. The molecule has 7 heteroatoms. The molecule has 0 bridgehead atoms. The standard InChI is InChI=1S/C7H7NO.H2O4S/c8-7(9)6-4-2-1-3-5-6;1-5(2,3)4/h1-5H,(H2,8,9);(H2,1,2,3,4). The molecular weight excluding hydrogens is 210 g/mol. The zero-order valence-electron chi connectivity index (χ0n) is 6.99. The predicted octanol–water partition coefficient (Wildman–Crippen LogP) is 0.133. The lowest BCUT2D eigenvalue weighted by Crippen LogP contribution is -2.09. The molecule has 0 fully saturated rings. The molecule has 0 saturated carbocycles. The van der Waals surface area contributed by atoms with E-state index in [9.17, 15) is 4.79 Å². The number of hydrogen-bond acceptors (Lipinski definition) is 3. The van der Waals surface area contributed by atoms with E-state index in [-0.39, 0.29) is 5.91 Å². The predicted molar refractivity (Wildman–Crippen MR) is 49.1 cm³/mol. The van der Waals surface area contributed by atoms with Crippen LogP contribution in [0, 0.1) is 0 Å². The van der Waals surface area contributed by atoms with Gasteiger partial charge in [-0.15, -0.1) is 0 Å². The molecule has 1 aromatic rings. The molecular formula is C7H9NO5S. The van der Waals surface area contributed by atoms with Crippen LogP contribution in [0.5, 0.6) is 0 Å². The molecule has 0 radical (unpaired) electrons. The maximum atomic E-state index is 10.4. The minimum atomic E-state index is -4.67. The Hall–Kier alpha value is -1.44. The normalized spacial score (nSPS) is 9.86. The molecule has 1 rings (SSSR count). The van der Waals surface area contributed by atoms with Crippen molar-refractivity contribution in [1.82, 2.24) is 0 Å². The van der Waals surface area contributed by atoms with Gasteiger partial charge in [-0.05, 0) is 12.1 Å². The van der Waals surface area contributed by atoms with Gasteiger partial charge < -0.3 is 5.73 Å². The Labute approximate surface area is 80.9 Å². The van der Waals surface area contributed by atoms with E-state index in [0.717, 1.165) is 0 Å². The summed E-state index contributed by atoms with van der Waals surface area (Å²) in [5, 5.41) is 0. The number of primary amides is 1. The van der Waals surface area contributed by atoms with Gasteiger partial charge in [-0.1, -0.05) is 18.2 Å². The zero-order chi connectivity index (χ0) is 11.2. The van der Waals surface area contributed by atoms with E-state index in [1.54, 1.807) is 24.3 Å². The third kappa shape index (κ3) is 8.65. The molecule has 1 aromatic carbocycles. The number of hydrogen-bond donors (Lipinski definition) is 3. The van der Waals surface area contributed by atoms with Gasteiger partial charge in [-0.2, -0.15) is 8.42 Å². The second-order valence-corrected chi connectivity index (χ2v) is 3.07.